The fraction of sp³-hybridized carbons (Fsp3) is 0.214. The molecule has 2 aliphatic heterocycles. The number of para-hydroxylation sites is 1. The Morgan fingerprint density at radius 3 is 2.72 bits per heavy atom. The van der Waals surface area contributed by atoms with Crippen molar-refractivity contribution in [3.63, 3.8) is 0 Å². The molecule has 39 heavy (non-hydrogen) atoms. The van der Waals surface area contributed by atoms with Crippen LogP contribution in [0, 0.1) is 0 Å². The van der Waals surface area contributed by atoms with Crippen LogP contribution in [0.15, 0.2) is 87.9 Å². The second-order valence-corrected chi connectivity index (χ2v) is 10.8. The van der Waals surface area contributed by atoms with Crippen molar-refractivity contribution in [3.05, 3.63) is 84.3 Å². The zero-order valence-electron chi connectivity index (χ0n) is 21.0. The number of carbonyl (C=O) groups excluding carboxylic acids is 2. The molecule has 3 heterocycles. The van der Waals surface area contributed by atoms with E-state index in [0.717, 1.165) is 10.5 Å². The Balaban J connectivity index is 1.31. The molecule has 0 saturated carbocycles. The number of fused-ring (bicyclic) bond motifs is 1. The molecule has 1 aromatic heterocycles. The second kappa shape index (κ2) is 11.4. The number of rotatable bonds is 10. The smallest absolute Gasteiger partial charge is 0.352 e. The normalized spacial score (nSPS) is 18.3. The Morgan fingerprint density at radius 1 is 1.23 bits per heavy atom. The number of nitrogens with zero attached hydrogens (tertiary/aromatic N) is 2. The lowest BCUT2D eigenvalue weighted by Gasteiger charge is -2.49. The number of aromatic nitrogens is 1. The zero-order valence-corrected chi connectivity index (χ0v) is 22.6. The average molecular weight is 564 g/mol. The highest BCUT2D eigenvalue weighted by atomic mass is 32.2. The molecule has 1 fully saturated rings. The largest absolute Gasteiger partial charge is 0.493 e. The number of allylic oxidation sites excluding steroid dienone is 1. The van der Waals surface area contributed by atoms with Crippen LogP contribution in [0.25, 0.3) is 16.8 Å². The summed E-state index contributed by atoms with van der Waals surface area (Å²) < 4.78 is 11.2. The number of hydrogen-bond acceptors (Lipinski definition) is 8. The van der Waals surface area contributed by atoms with Gasteiger partial charge in [0.15, 0.2) is 5.76 Å². The number of ether oxygens (including phenoxy) is 1. The topological polar surface area (TPSA) is 122 Å². The highest BCUT2D eigenvalue weighted by Crippen LogP contribution is 2.44. The van der Waals surface area contributed by atoms with E-state index in [1.54, 1.807) is 6.07 Å². The van der Waals surface area contributed by atoms with Gasteiger partial charge in [-0.2, -0.15) is 0 Å². The number of thioether (sulfide) groups is 2. The van der Waals surface area contributed by atoms with Gasteiger partial charge in [-0.25, -0.2) is 4.79 Å². The summed E-state index contributed by atoms with van der Waals surface area (Å²) in [6.45, 7) is 6.44. The third-order valence-electron chi connectivity index (χ3n) is 6.24. The lowest BCUT2D eigenvalue weighted by atomic mass is 9.98. The Hall–Kier alpha value is -3.96. The van der Waals surface area contributed by atoms with Crippen molar-refractivity contribution >= 4 is 46.9 Å². The molecule has 0 unspecified atom stereocenters. The van der Waals surface area contributed by atoms with Gasteiger partial charge in [-0.1, -0.05) is 42.1 Å². The van der Waals surface area contributed by atoms with E-state index in [0.29, 0.717) is 35.0 Å². The van der Waals surface area contributed by atoms with E-state index in [-0.39, 0.29) is 23.1 Å². The van der Waals surface area contributed by atoms with Gasteiger partial charge in [0, 0.05) is 33.4 Å². The average Bonchev–Trinajstić information content (AvgIpc) is 3.44. The van der Waals surface area contributed by atoms with Gasteiger partial charge in [-0.15, -0.1) is 23.5 Å². The van der Waals surface area contributed by atoms with Gasteiger partial charge in [0.2, 0.25) is 5.91 Å². The number of hydrogen-bond donors (Lipinski definition) is 2. The van der Waals surface area contributed by atoms with Crippen molar-refractivity contribution in [3.8, 4) is 17.0 Å². The van der Waals surface area contributed by atoms with Gasteiger partial charge in [0.25, 0.3) is 5.91 Å². The van der Waals surface area contributed by atoms with Crippen LogP contribution >= 0.6 is 23.5 Å². The fourth-order valence-electron chi connectivity index (χ4n) is 4.38. The second-order valence-electron chi connectivity index (χ2n) is 8.67. The summed E-state index contributed by atoms with van der Waals surface area (Å²) in [6, 6.07) is 17.7. The molecule has 11 heteroatoms. The van der Waals surface area contributed by atoms with E-state index >= 15 is 0 Å². The number of β-lactam (4-membered cyclic amide) rings is 1. The Kier molecular flexibility index (Phi) is 7.80. The van der Waals surface area contributed by atoms with Gasteiger partial charge < -0.3 is 19.7 Å². The number of nitrogens with one attached hydrogen (secondary N) is 1. The van der Waals surface area contributed by atoms with Crippen molar-refractivity contribution in [1.29, 1.82) is 0 Å². The van der Waals surface area contributed by atoms with Crippen molar-refractivity contribution in [2.45, 2.75) is 23.2 Å². The molecule has 1 saturated heterocycles. The monoisotopic (exact) mass is 563 g/mol. The van der Waals surface area contributed by atoms with Crippen molar-refractivity contribution in [2.75, 3.05) is 18.1 Å². The van der Waals surface area contributed by atoms with Crippen LogP contribution in [0.2, 0.25) is 0 Å². The molecule has 9 nitrogen and oxygen atoms in total. The number of benzene rings is 2. The minimum Gasteiger partial charge on any atom is -0.493 e. The maximum atomic E-state index is 13.0. The number of carboxylic acid groups (broad SMARTS) is 1. The molecule has 5 rings (SSSR count). The van der Waals surface area contributed by atoms with Crippen LogP contribution in [0.5, 0.6) is 5.75 Å². The number of carbonyl (C=O) groups is 3. The molecular weight excluding hydrogens is 538 g/mol. The van der Waals surface area contributed by atoms with E-state index < -0.39 is 23.3 Å². The lowest BCUT2D eigenvalue weighted by molar-refractivity contribution is -0.150. The van der Waals surface area contributed by atoms with E-state index in [9.17, 15) is 19.5 Å². The molecular formula is C28H25N3O6S2. The minimum absolute atomic E-state index is 0.148. The molecule has 2 atom stereocenters. The van der Waals surface area contributed by atoms with E-state index in [1.165, 1.54) is 28.4 Å². The molecule has 0 radical (unpaired) electrons. The Bertz CT molecular complexity index is 1470. The molecule has 0 aliphatic carbocycles. The van der Waals surface area contributed by atoms with Crippen LogP contribution in [-0.2, 0) is 14.4 Å². The fourth-order valence-corrected chi connectivity index (χ4v) is 6.50. The Morgan fingerprint density at radius 2 is 1.97 bits per heavy atom. The molecule has 0 spiro atoms. The predicted molar refractivity (Wildman–Crippen MR) is 149 cm³/mol. The summed E-state index contributed by atoms with van der Waals surface area (Å²) in [6.07, 6.45) is 0. The van der Waals surface area contributed by atoms with Crippen LogP contribution in [0.3, 0.4) is 0 Å². The van der Waals surface area contributed by atoms with Gasteiger partial charge in [-0.05, 0) is 31.2 Å². The van der Waals surface area contributed by atoms with E-state index in [4.69, 9.17) is 9.26 Å². The van der Waals surface area contributed by atoms with Crippen molar-refractivity contribution in [1.82, 2.24) is 15.4 Å². The van der Waals surface area contributed by atoms with Gasteiger partial charge in [0.05, 0.1) is 12.4 Å². The zero-order chi connectivity index (χ0) is 27.5. The first-order valence-electron chi connectivity index (χ1n) is 12.2. The van der Waals surface area contributed by atoms with Crippen molar-refractivity contribution in [2.24, 2.45) is 0 Å². The first-order valence-corrected chi connectivity index (χ1v) is 14.2. The number of carboxylic acids is 1. The lowest BCUT2D eigenvalue weighted by Crippen LogP contribution is -2.70. The highest BCUT2D eigenvalue weighted by Gasteiger charge is 2.54. The summed E-state index contributed by atoms with van der Waals surface area (Å²) in [7, 11) is 0. The molecule has 3 aromatic rings. The summed E-state index contributed by atoms with van der Waals surface area (Å²) in [5, 5.41) is 16.4. The van der Waals surface area contributed by atoms with Gasteiger partial charge in [0.1, 0.15) is 28.6 Å². The molecule has 200 valence electrons. The maximum absolute atomic E-state index is 13.0. The summed E-state index contributed by atoms with van der Waals surface area (Å²) in [5.74, 6) is -0.665. The summed E-state index contributed by atoms with van der Waals surface area (Å²) >= 11 is 2.73. The molecule has 2 N–H and O–H groups in total. The molecule has 2 aromatic carbocycles. The van der Waals surface area contributed by atoms with Crippen LogP contribution in [0.1, 0.15) is 12.7 Å². The summed E-state index contributed by atoms with van der Waals surface area (Å²) in [5.41, 5.74) is 1.78. The van der Waals surface area contributed by atoms with E-state index in [2.05, 4.69) is 17.1 Å². The third-order valence-corrected chi connectivity index (χ3v) is 8.53. The maximum Gasteiger partial charge on any atom is 0.352 e. The predicted octanol–water partition coefficient (Wildman–Crippen LogP) is 4.28. The highest BCUT2D eigenvalue weighted by molar-refractivity contribution is 8.00. The van der Waals surface area contributed by atoms with Crippen LogP contribution in [-0.4, -0.2) is 62.5 Å². The summed E-state index contributed by atoms with van der Waals surface area (Å²) in [4.78, 5) is 40.0. The first kappa shape index (κ1) is 26.6. The third kappa shape index (κ3) is 5.32. The van der Waals surface area contributed by atoms with Gasteiger partial charge in [-0.3, -0.25) is 14.5 Å². The van der Waals surface area contributed by atoms with Gasteiger partial charge >= 0.3 is 5.97 Å². The van der Waals surface area contributed by atoms with E-state index in [1.807, 2.05) is 61.5 Å². The standard InChI is InChI=1S/C28H25N3O6S2/c1-3-36-21-12-8-7-11-18(21)20-13-22(37-30-20)16(2)19-14-39-27-24(26(33)31(27)25(19)28(34)35)29-23(32)15-38-17-9-5-4-6-10-17/h4-13,24,27H,2-3,14-15H2,1H3,(H,29,32)(H,34,35)/t24-,27-/m1/s1. The Labute approximate surface area is 233 Å². The van der Waals surface area contributed by atoms with Crippen LogP contribution in [0.4, 0.5) is 0 Å². The SMILES string of the molecule is C=C(C1=C(C(=O)O)N2C(=O)[C@@H](NC(=O)CSc3ccccc3)[C@H]2SC1)c1cc(-c2ccccc2OCC)no1. The molecule has 2 amide bonds. The molecule has 2 aliphatic rings. The first-order chi connectivity index (χ1) is 18.9. The van der Waals surface area contributed by atoms with Crippen molar-refractivity contribution < 1.29 is 28.8 Å². The van der Waals surface area contributed by atoms with Crippen LogP contribution < -0.4 is 10.1 Å². The number of aliphatic carboxylic acids is 1. The minimum atomic E-state index is -1.25. The quantitative estimate of drug-likeness (QED) is 0.275. The number of amides is 2. The molecule has 0 bridgehead atoms.